The minimum Gasteiger partial charge on any atom is -0.447 e. The number of carbonyl (C=O) groups is 1. The van der Waals surface area contributed by atoms with Gasteiger partial charge in [-0.15, -0.1) is 11.3 Å². The van der Waals surface area contributed by atoms with Gasteiger partial charge in [-0.05, 0) is 53.3 Å². The van der Waals surface area contributed by atoms with Crippen molar-refractivity contribution in [1.29, 1.82) is 0 Å². The second-order valence-corrected chi connectivity index (χ2v) is 9.31. The van der Waals surface area contributed by atoms with Gasteiger partial charge in [-0.3, -0.25) is 9.69 Å². The molecule has 0 aliphatic rings. The summed E-state index contributed by atoms with van der Waals surface area (Å²) in [6, 6.07) is 13.0. The molecule has 188 valence electrons. The van der Waals surface area contributed by atoms with E-state index in [-0.39, 0.29) is 37.0 Å². The zero-order valence-electron chi connectivity index (χ0n) is 19.3. The Hall–Kier alpha value is -3.50. The maximum atomic E-state index is 13.2. The summed E-state index contributed by atoms with van der Waals surface area (Å²) in [6.45, 7) is 3.08. The van der Waals surface area contributed by atoms with E-state index in [9.17, 15) is 22.4 Å². The van der Waals surface area contributed by atoms with Crippen LogP contribution in [0.3, 0.4) is 0 Å². The second-order valence-electron chi connectivity index (χ2n) is 8.31. The van der Waals surface area contributed by atoms with Gasteiger partial charge in [-0.25, -0.2) is 9.37 Å². The van der Waals surface area contributed by atoms with E-state index in [0.29, 0.717) is 12.1 Å². The molecule has 0 fully saturated rings. The molecule has 0 unspecified atom stereocenters. The molecule has 0 spiro atoms. The molecular formula is C26H23F4N3O2S. The van der Waals surface area contributed by atoms with Crippen LogP contribution in [0, 0.1) is 12.7 Å². The number of nitrogens with one attached hydrogen (secondary N) is 1. The van der Waals surface area contributed by atoms with Gasteiger partial charge in [0.1, 0.15) is 12.1 Å². The monoisotopic (exact) mass is 517 g/mol. The number of alkyl halides is 3. The zero-order valence-corrected chi connectivity index (χ0v) is 20.1. The number of amides is 1. The third-order valence-electron chi connectivity index (χ3n) is 5.51. The average molecular weight is 518 g/mol. The molecule has 1 amide bonds. The Morgan fingerprint density at radius 1 is 1.06 bits per heavy atom. The molecule has 0 bridgehead atoms. The fourth-order valence-corrected chi connectivity index (χ4v) is 4.54. The lowest BCUT2D eigenvalue weighted by atomic mass is 10.1. The molecule has 2 heterocycles. The predicted octanol–water partition coefficient (Wildman–Crippen LogP) is 6.33. The quantitative estimate of drug-likeness (QED) is 0.264. The zero-order chi connectivity index (χ0) is 25.7. The number of rotatable bonds is 9. The average Bonchev–Trinajstić information content (AvgIpc) is 3.47. The summed E-state index contributed by atoms with van der Waals surface area (Å²) in [5.74, 6) is -0.547. The topological polar surface area (TPSA) is 58.4 Å². The van der Waals surface area contributed by atoms with Crippen molar-refractivity contribution in [2.75, 3.05) is 0 Å². The van der Waals surface area contributed by atoms with Crippen molar-refractivity contribution in [1.82, 2.24) is 15.2 Å². The molecule has 0 atom stereocenters. The molecular weight excluding hydrogens is 494 g/mol. The number of carbonyl (C=O) groups excluding carboxylic acids is 1. The van der Waals surface area contributed by atoms with Gasteiger partial charge in [-0.2, -0.15) is 13.2 Å². The van der Waals surface area contributed by atoms with Crippen molar-refractivity contribution >= 4 is 17.2 Å². The Labute approximate surface area is 209 Å². The van der Waals surface area contributed by atoms with Crippen molar-refractivity contribution in [2.45, 2.75) is 39.3 Å². The molecule has 0 radical (unpaired) electrons. The number of aromatic nitrogens is 1. The maximum absolute atomic E-state index is 13.2. The first-order chi connectivity index (χ1) is 17.2. The minimum absolute atomic E-state index is 0.0819. The van der Waals surface area contributed by atoms with Gasteiger partial charge in [-0.1, -0.05) is 30.3 Å². The van der Waals surface area contributed by atoms with E-state index in [1.165, 1.54) is 24.5 Å². The van der Waals surface area contributed by atoms with Crippen LogP contribution in [-0.4, -0.2) is 15.8 Å². The van der Waals surface area contributed by atoms with Crippen LogP contribution in [0.1, 0.15) is 43.5 Å². The number of thiophene rings is 1. The second kappa shape index (κ2) is 11.0. The normalized spacial score (nSPS) is 11.7. The van der Waals surface area contributed by atoms with E-state index in [4.69, 9.17) is 4.42 Å². The van der Waals surface area contributed by atoms with Gasteiger partial charge in [0.25, 0.3) is 5.91 Å². The van der Waals surface area contributed by atoms with Gasteiger partial charge in [0.2, 0.25) is 5.89 Å². The van der Waals surface area contributed by atoms with Crippen molar-refractivity contribution in [3.8, 4) is 0 Å². The number of aryl methyl sites for hydroxylation is 1. The summed E-state index contributed by atoms with van der Waals surface area (Å²) in [5.41, 5.74) is 1.69. The van der Waals surface area contributed by atoms with Crippen LogP contribution in [0.15, 0.2) is 70.7 Å². The highest BCUT2D eigenvalue weighted by molar-refractivity contribution is 7.10. The molecule has 4 rings (SSSR count). The van der Waals surface area contributed by atoms with Crippen LogP contribution >= 0.6 is 11.3 Å². The standard InChI is InChI=1S/C26H23F4N3O2S/c1-17-9-10-36-23(17)14-33(13-19-3-2-4-20(11-19)26(28,29)30)15-24-32-22(16-35-24)25(34)31-12-18-5-7-21(27)8-6-18/h2-11,16H,12-15H2,1H3,(H,31,34). The number of hydrogen-bond acceptors (Lipinski definition) is 5. The van der Waals surface area contributed by atoms with E-state index in [0.717, 1.165) is 28.1 Å². The van der Waals surface area contributed by atoms with Crippen molar-refractivity contribution in [3.63, 3.8) is 0 Å². The van der Waals surface area contributed by atoms with Gasteiger partial charge in [0, 0.05) is 24.5 Å². The van der Waals surface area contributed by atoms with Crippen molar-refractivity contribution in [3.05, 3.63) is 111 Å². The Kier molecular flexibility index (Phi) is 7.85. The molecule has 2 aromatic heterocycles. The number of halogens is 4. The van der Waals surface area contributed by atoms with Crippen molar-refractivity contribution in [2.24, 2.45) is 0 Å². The van der Waals surface area contributed by atoms with Gasteiger partial charge in [0.15, 0.2) is 5.69 Å². The lowest BCUT2D eigenvalue weighted by Crippen LogP contribution is -2.24. The number of oxazole rings is 1. The summed E-state index contributed by atoms with van der Waals surface area (Å²) in [6.07, 6.45) is -3.18. The Morgan fingerprint density at radius 2 is 1.83 bits per heavy atom. The largest absolute Gasteiger partial charge is 0.447 e. The number of hydrogen-bond donors (Lipinski definition) is 1. The van der Waals surface area contributed by atoms with Crippen LogP contribution < -0.4 is 5.32 Å². The van der Waals surface area contributed by atoms with Crippen LogP contribution in [0.4, 0.5) is 17.6 Å². The number of nitrogens with zero attached hydrogens (tertiary/aromatic N) is 2. The summed E-state index contributed by atoms with van der Waals surface area (Å²) in [4.78, 5) is 19.7. The fraction of sp³-hybridized carbons (Fsp3) is 0.231. The Balaban J connectivity index is 1.46. The van der Waals surface area contributed by atoms with E-state index in [2.05, 4.69) is 10.3 Å². The predicted molar refractivity (Wildman–Crippen MR) is 128 cm³/mol. The first kappa shape index (κ1) is 25.6. The van der Waals surface area contributed by atoms with E-state index in [1.54, 1.807) is 29.5 Å². The first-order valence-corrected chi connectivity index (χ1v) is 11.9. The van der Waals surface area contributed by atoms with E-state index >= 15 is 0 Å². The Bertz CT molecular complexity index is 1320. The van der Waals surface area contributed by atoms with Crippen LogP contribution in [0.5, 0.6) is 0 Å². The highest BCUT2D eigenvalue weighted by Gasteiger charge is 2.30. The van der Waals surface area contributed by atoms with Gasteiger partial charge >= 0.3 is 6.18 Å². The SMILES string of the molecule is Cc1ccsc1CN(Cc1cccc(C(F)(F)F)c1)Cc1nc(C(=O)NCc2ccc(F)cc2)co1. The minimum atomic E-state index is -4.43. The van der Waals surface area contributed by atoms with E-state index < -0.39 is 17.6 Å². The fourth-order valence-electron chi connectivity index (χ4n) is 3.60. The molecule has 10 heteroatoms. The van der Waals surface area contributed by atoms with Crippen LogP contribution in [0.25, 0.3) is 0 Å². The molecule has 0 saturated heterocycles. The summed E-state index contributed by atoms with van der Waals surface area (Å²) in [7, 11) is 0. The Morgan fingerprint density at radius 3 is 2.53 bits per heavy atom. The molecule has 2 aromatic carbocycles. The molecule has 0 aliphatic carbocycles. The summed E-state index contributed by atoms with van der Waals surface area (Å²) in [5, 5.41) is 4.66. The smallest absolute Gasteiger partial charge is 0.416 e. The summed E-state index contributed by atoms with van der Waals surface area (Å²) < 4.78 is 58.1. The van der Waals surface area contributed by atoms with Gasteiger partial charge in [0.05, 0.1) is 12.1 Å². The highest BCUT2D eigenvalue weighted by atomic mass is 32.1. The maximum Gasteiger partial charge on any atom is 0.416 e. The van der Waals surface area contributed by atoms with E-state index in [1.807, 2.05) is 23.3 Å². The van der Waals surface area contributed by atoms with Crippen LogP contribution in [0.2, 0.25) is 0 Å². The molecule has 1 N–H and O–H groups in total. The first-order valence-electron chi connectivity index (χ1n) is 11.1. The third-order valence-corrected chi connectivity index (χ3v) is 6.51. The lowest BCUT2D eigenvalue weighted by Gasteiger charge is -2.21. The van der Waals surface area contributed by atoms with Crippen LogP contribution in [-0.2, 0) is 32.4 Å². The summed E-state index contributed by atoms with van der Waals surface area (Å²) >= 11 is 1.56. The third kappa shape index (κ3) is 6.79. The molecule has 36 heavy (non-hydrogen) atoms. The molecule has 0 aliphatic heterocycles. The lowest BCUT2D eigenvalue weighted by molar-refractivity contribution is -0.137. The molecule has 4 aromatic rings. The van der Waals surface area contributed by atoms with Gasteiger partial charge < -0.3 is 9.73 Å². The molecule has 0 saturated carbocycles. The number of benzene rings is 2. The highest BCUT2D eigenvalue weighted by Crippen LogP contribution is 2.30. The van der Waals surface area contributed by atoms with Crippen molar-refractivity contribution < 1.29 is 26.8 Å². The molecule has 5 nitrogen and oxygen atoms in total.